The van der Waals surface area contributed by atoms with Crippen LogP contribution >= 0.6 is 11.3 Å². The summed E-state index contributed by atoms with van der Waals surface area (Å²) >= 11 is 1.14. The number of ether oxygens (including phenoxy) is 2. The van der Waals surface area contributed by atoms with Crippen LogP contribution in [0.4, 0.5) is 4.39 Å². The molecule has 0 saturated carbocycles. The van der Waals surface area contributed by atoms with Crippen LogP contribution in [-0.4, -0.2) is 28.7 Å². The zero-order valence-corrected chi connectivity index (χ0v) is 15.1. The Morgan fingerprint density at radius 2 is 2.12 bits per heavy atom. The Labute approximate surface area is 152 Å². The number of esters is 1. The van der Waals surface area contributed by atoms with E-state index in [9.17, 15) is 14.0 Å². The number of nitrogens with zero attached hydrogens (tertiary/aromatic N) is 2. The van der Waals surface area contributed by atoms with Gasteiger partial charge in [0.15, 0.2) is 11.6 Å². The molecule has 0 unspecified atom stereocenters. The quantitative estimate of drug-likeness (QED) is 0.618. The lowest BCUT2D eigenvalue weighted by molar-refractivity contribution is 0.0531. The molecule has 0 amide bonds. The van der Waals surface area contributed by atoms with E-state index in [-0.39, 0.29) is 31.1 Å². The van der Waals surface area contributed by atoms with Gasteiger partial charge in [0.25, 0.3) is 5.56 Å². The highest BCUT2D eigenvalue weighted by atomic mass is 32.1. The number of thiophene rings is 1. The number of aromatic nitrogens is 2. The Kier molecular flexibility index (Phi) is 5.32. The zero-order chi connectivity index (χ0) is 18.7. The van der Waals surface area contributed by atoms with E-state index in [1.807, 2.05) is 0 Å². The van der Waals surface area contributed by atoms with Crippen LogP contribution in [0.25, 0.3) is 10.2 Å². The van der Waals surface area contributed by atoms with E-state index in [0.29, 0.717) is 20.7 Å². The highest BCUT2D eigenvalue weighted by Crippen LogP contribution is 2.27. The Balaban J connectivity index is 1.83. The predicted octanol–water partition coefficient (Wildman–Crippen LogP) is 3.16. The van der Waals surface area contributed by atoms with Gasteiger partial charge >= 0.3 is 5.97 Å². The van der Waals surface area contributed by atoms with Crippen LogP contribution < -0.4 is 10.3 Å². The SMILES string of the molecule is CCOC(=O)c1sc2ncn(CCOc3ccccc3F)c(=O)c2c1C. The summed E-state index contributed by atoms with van der Waals surface area (Å²) in [6.45, 7) is 4.01. The molecule has 0 aliphatic heterocycles. The molecule has 2 aromatic heterocycles. The molecule has 0 spiro atoms. The number of aryl methyl sites for hydroxylation is 1. The van der Waals surface area contributed by atoms with Gasteiger partial charge in [-0.15, -0.1) is 11.3 Å². The van der Waals surface area contributed by atoms with E-state index in [4.69, 9.17) is 9.47 Å². The third kappa shape index (κ3) is 3.45. The molecular formula is C18H17FN2O4S. The number of hydrogen-bond acceptors (Lipinski definition) is 6. The van der Waals surface area contributed by atoms with Crippen LogP contribution in [0.15, 0.2) is 35.4 Å². The number of para-hydroxylation sites is 1. The first-order valence-corrected chi connectivity index (χ1v) is 8.87. The van der Waals surface area contributed by atoms with Gasteiger partial charge in [-0.1, -0.05) is 12.1 Å². The molecular weight excluding hydrogens is 359 g/mol. The predicted molar refractivity (Wildman–Crippen MR) is 96.5 cm³/mol. The molecule has 0 N–H and O–H groups in total. The number of hydrogen-bond donors (Lipinski definition) is 0. The summed E-state index contributed by atoms with van der Waals surface area (Å²) in [5.74, 6) is -0.783. The average Bonchev–Trinajstić information content (AvgIpc) is 2.96. The fourth-order valence-corrected chi connectivity index (χ4v) is 3.56. The third-order valence-corrected chi connectivity index (χ3v) is 4.98. The number of carbonyl (C=O) groups excluding carboxylic acids is 1. The first-order chi connectivity index (χ1) is 12.5. The van der Waals surface area contributed by atoms with Gasteiger partial charge in [-0.2, -0.15) is 0 Å². The van der Waals surface area contributed by atoms with Crippen LogP contribution in [0.2, 0.25) is 0 Å². The van der Waals surface area contributed by atoms with E-state index < -0.39 is 11.8 Å². The smallest absolute Gasteiger partial charge is 0.348 e. The van der Waals surface area contributed by atoms with Crippen molar-refractivity contribution >= 4 is 27.5 Å². The van der Waals surface area contributed by atoms with Crippen molar-refractivity contribution in [3.05, 3.63) is 57.2 Å². The molecule has 8 heteroatoms. The first-order valence-electron chi connectivity index (χ1n) is 8.06. The van der Waals surface area contributed by atoms with Crippen molar-refractivity contribution < 1.29 is 18.7 Å². The average molecular weight is 376 g/mol. The summed E-state index contributed by atoms with van der Waals surface area (Å²) in [4.78, 5) is 29.8. The van der Waals surface area contributed by atoms with E-state index in [1.165, 1.54) is 23.0 Å². The minimum Gasteiger partial charge on any atom is -0.489 e. The van der Waals surface area contributed by atoms with Crippen LogP contribution in [0.1, 0.15) is 22.2 Å². The molecule has 1 aromatic carbocycles. The van der Waals surface area contributed by atoms with Crippen LogP contribution in [0, 0.1) is 12.7 Å². The monoisotopic (exact) mass is 376 g/mol. The van der Waals surface area contributed by atoms with Gasteiger partial charge in [-0.3, -0.25) is 9.36 Å². The molecule has 6 nitrogen and oxygen atoms in total. The summed E-state index contributed by atoms with van der Waals surface area (Å²) in [5, 5.41) is 0.395. The van der Waals surface area contributed by atoms with Crippen molar-refractivity contribution in [1.82, 2.24) is 9.55 Å². The maximum atomic E-state index is 13.5. The number of rotatable bonds is 6. The van der Waals surface area contributed by atoms with Crippen molar-refractivity contribution in [2.24, 2.45) is 0 Å². The van der Waals surface area contributed by atoms with Crippen LogP contribution in [0.5, 0.6) is 5.75 Å². The normalized spacial score (nSPS) is 10.9. The van der Waals surface area contributed by atoms with Crippen molar-refractivity contribution in [3.8, 4) is 5.75 Å². The number of halogens is 1. The van der Waals surface area contributed by atoms with Crippen molar-refractivity contribution in [2.75, 3.05) is 13.2 Å². The lowest BCUT2D eigenvalue weighted by Gasteiger charge is -2.08. The number of benzene rings is 1. The minimum atomic E-state index is -0.457. The van der Waals surface area contributed by atoms with Gasteiger partial charge in [0.1, 0.15) is 16.3 Å². The molecule has 0 aliphatic rings. The molecule has 0 radical (unpaired) electrons. The summed E-state index contributed by atoms with van der Waals surface area (Å²) in [6, 6.07) is 6.07. The molecule has 26 heavy (non-hydrogen) atoms. The highest BCUT2D eigenvalue weighted by Gasteiger charge is 2.20. The van der Waals surface area contributed by atoms with E-state index in [1.54, 1.807) is 26.0 Å². The Morgan fingerprint density at radius 3 is 2.85 bits per heavy atom. The molecule has 0 fully saturated rings. The van der Waals surface area contributed by atoms with E-state index >= 15 is 0 Å². The molecule has 0 aliphatic carbocycles. The first kappa shape index (κ1) is 18.1. The maximum Gasteiger partial charge on any atom is 0.348 e. The van der Waals surface area contributed by atoms with E-state index in [2.05, 4.69) is 4.98 Å². The molecule has 3 rings (SSSR count). The standard InChI is InChI=1S/C18H17FN2O4S/c1-3-24-18(23)15-11(2)14-16(26-15)20-10-21(17(14)22)8-9-25-13-7-5-4-6-12(13)19/h4-7,10H,3,8-9H2,1-2H3. The fraction of sp³-hybridized carbons (Fsp3) is 0.278. The van der Waals surface area contributed by atoms with Gasteiger partial charge < -0.3 is 9.47 Å². The summed E-state index contributed by atoms with van der Waals surface area (Å²) in [7, 11) is 0. The van der Waals surface area contributed by atoms with Crippen molar-refractivity contribution in [3.63, 3.8) is 0 Å². The molecule has 2 heterocycles. The van der Waals surface area contributed by atoms with Gasteiger partial charge in [0, 0.05) is 0 Å². The lowest BCUT2D eigenvalue weighted by Crippen LogP contribution is -2.23. The van der Waals surface area contributed by atoms with Gasteiger partial charge in [0.05, 0.1) is 24.9 Å². The van der Waals surface area contributed by atoms with Gasteiger partial charge in [-0.05, 0) is 31.5 Å². The van der Waals surface area contributed by atoms with Gasteiger partial charge in [-0.25, -0.2) is 14.2 Å². The molecule has 0 saturated heterocycles. The fourth-order valence-electron chi connectivity index (χ4n) is 2.53. The highest BCUT2D eigenvalue weighted by molar-refractivity contribution is 7.20. The molecule has 0 atom stereocenters. The lowest BCUT2D eigenvalue weighted by atomic mass is 10.2. The topological polar surface area (TPSA) is 70.4 Å². The Bertz CT molecular complexity index is 1010. The van der Waals surface area contributed by atoms with Crippen molar-refractivity contribution in [1.29, 1.82) is 0 Å². The summed E-state index contributed by atoms with van der Waals surface area (Å²) in [5.41, 5.74) is 0.293. The van der Waals surface area contributed by atoms with Gasteiger partial charge in [0.2, 0.25) is 0 Å². The number of fused-ring (bicyclic) bond motifs is 1. The van der Waals surface area contributed by atoms with E-state index in [0.717, 1.165) is 11.3 Å². The zero-order valence-electron chi connectivity index (χ0n) is 14.3. The largest absolute Gasteiger partial charge is 0.489 e. The minimum absolute atomic E-state index is 0.113. The van der Waals surface area contributed by atoms with Crippen molar-refractivity contribution in [2.45, 2.75) is 20.4 Å². The second kappa shape index (κ2) is 7.65. The number of carbonyl (C=O) groups is 1. The second-order valence-corrected chi connectivity index (χ2v) is 6.48. The third-order valence-electron chi connectivity index (χ3n) is 3.80. The Morgan fingerprint density at radius 1 is 1.35 bits per heavy atom. The maximum absolute atomic E-state index is 13.5. The van der Waals surface area contributed by atoms with Crippen LogP contribution in [0.3, 0.4) is 0 Å². The molecule has 3 aromatic rings. The van der Waals surface area contributed by atoms with Crippen LogP contribution in [-0.2, 0) is 11.3 Å². The summed E-state index contributed by atoms with van der Waals surface area (Å²) in [6.07, 6.45) is 1.40. The Hall–Kier alpha value is -2.74. The summed E-state index contributed by atoms with van der Waals surface area (Å²) < 4.78 is 25.3. The molecule has 136 valence electrons. The molecule has 0 bridgehead atoms. The second-order valence-electron chi connectivity index (χ2n) is 5.48.